The molecule has 0 radical (unpaired) electrons. The van der Waals surface area contributed by atoms with Gasteiger partial charge in [-0.25, -0.2) is 4.39 Å². The van der Waals surface area contributed by atoms with E-state index >= 15 is 0 Å². The fourth-order valence-corrected chi connectivity index (χ4v) is 3.48. The van der Waals surface area contributed by atoms with Crippen LogP contribution in [0.2, 0.25) is 0 Å². The summed E-state index contributed by atoms with van der Waals surface area (Å²) in [4.78, 5) is 14.7. The highest BCUT2D eigenvalue weighted by Crippen LogP contribution is 2.24. The molecule has 2 aromatic rings. The molecule has 1 saturated heterocycles. The van der Waals surface area contributed by atoms with Gasteiger partial charge in [0.2, 0.25) is 0 Å². The molecule has 1 aliphatic rings. The van der Waals surface area contributed by atoms with Crippen molar-refractivity contribution in [3.8, 4) is 5.75 Å². The minimum Gasteiger partial charge on any atom is -0.495 e. The van der Waals surface area contributed by atoms with E-state index < -0.39 is 0 Å². The van der Waals surface area contributed by atoms with Gasteiger partial charge in [-0.05, 0) is 29.1 Å². The Kier molecular flexibility index (Phi) is 7.04. The molecule has 1 aliphatic heterocycles. The highest BCUT2D eigenvalue weighted by atomic mass is 35.5. The van der Waals surface area contributed by atoms with Crippen molar-refractivity contribution in [1.82, 2.24) is 10.6 Å². The van der Waals surface area contributed by atoms with Crippen LogP contribution in [-0.2, 0) is 6.54 Å². The van der Waals surface area contributed by atoms with Gasteiger partial charge in [-0.2, -0.15) is 0 Å². The number of benzene rings is 1. The number of nitrogens with zero attached hydrogens (tertiary/aromatic N) is 1. The summed E-state index contributed by atoms with van der Waals surface area (Å²) in [6.07, 6.45) is 0. The quantitative estimate of drug-likeness (QED) is 0.830. The van der Waals surface area contributed by atoms with Crippen molar-refractivity contribution in [1.29, 1.82) is 0 Å². The zero-order chi connectivity index (χ0) is 16.9. The number of thiophene rings is 1. The second-order valence-corrected chi connectivity index (χ2v) is 6.44. The van der Waals surface area contributed by atoms with Gasteiger partial charge in [-0.3, -0.25) is 4.79 Å². The number of carbonyl (C=O) groups excluding carboxylic acids is 1. The van der Waals surface area contributed by atoms with Gasteiger partial charge in [0.15, 0.2) is 0 Å². The van der Waals surface area contributed by atoms with Crippen LogP contribution in [-0.4, -0.2) is 39.2 Å². The molecule has 136 valence electrons. The largest absolute Gasteiger partial charge is 0.495 e. The maximum absolute atomic E-state index is 14.4. The summed E-state index contributed by atoms with van der Waals surface area (Å²) in [6, 6.07) is 6.88. The monoisotopic (exact) mass is 385 g/mol. The van der Waals surface area contributed by atoms with E-state index in [0.717, 1.165) is 31.7 Å². The van der Waals surface area contributed by atoms with Gasteiger partial charge in [0.25, 0.3) is 5.91 Å². The van der Waals surface area contributed by atoms with Gasteiger partial charge in [0, 0.05) is 32.7 Å². The third-order valence-electron chi connectivity index (χ3n) is 3.98. The van der Waals surface area contributed by atoms with Crippen molar-refractivity contribution in [3.63, 3.8) is 0 Å². The summed E-state index contributed by atoms with van der Waals surface area (Å²) in [5.74, 6) is 0.0866. The molecule has 0 bridgehead atoms. The van der Waals surface area contributed by atoms with Crippen LogP contribution < -0.4 is 20.3 Å². The van der Waals surface area contributed by atoms with Crippen molar-refractivity contribution in [2.24, 2.45) is 0 Å². The Hall–Kier alpha value is -1.83. The van der Waals surface area contributed by atoms with E-state index in [1.165, 1.54) is 24.5 Å². The average Bonchev–Trinajstić information content (AvgIpc) is 3.09. The average molecular weight is 386 g/mol. The third kappa shape index (κ3) is 4.62. The first-order chi connectivity index (χ1) is 11.7. The number of piperazine rings is 1. The first-order valence-electron chi connectivity index (χ1n) is 7.83. The second kappa shape index (κ2) is 9.03. The Balaban J connectivity index is 0.00000225. The van der Waals surface area contributed by atoms with Crippen LogP contribution in [0.3, 0.4) is 0 Å². The molecule has 0 spiro atoms. The molecule has 2 N–H and O–H groups in total. The van der Waals surface area contributed by atoms with E-state index in [9.17, 15) is 9.18 Å². The van der Waals surface area contributed by atoms with Crippen LogP contribution in [0.25, 0.3) is 0 Å². The van der Waals surface area contributed by atoms with Crippen LogP contribution in [0.5, 0.6) is 5.75 Å². The van der Waals surface area contributed by atoms with Crippen LogP contribution in [0, 0.1) is 5.82 Å². The number of anilines is 1. The van der Waals surface area contributed by atoms with Crippen LogP contribution in [0.1, 0.15) is 15.2 Å². The topological polar surface area (TPSA) is 53.6 Å². The highest BCUT2D eigenvalue weighted by Gasteiger charge is 2.16. The zero-order valence-corrected chi connectivity index (χ0v) is 15.5. The van der Waals surface area contributed by atoms with E-state index in [2.05, 4.69) is 10.6 Å². The molecule has 1 aromatic heterocycles. The zero-order valence-electron chi connectivity index (χ0n) is 13.9. The second-order valence-electron chi connectivity index (χ2n) is 5.52. The molecule has 8 heteroatoms. The number of halogens is 2. The Morgan fingerprint density at radius 2 is 2.12 bits per heavy atom. The lowest BCUT2D eigenvalue weighted by molar-refractivity contribution is 0.0952. The van der Waals surface area contributed by atoms with Gasteiger partial charge in [0.05, 0.1) is 12.8 Å². The van der Waals surface area contributed by atoms with Gasteiger partial charge < -0.3 is 20.3 Å². The Morgan fingerprint density at radius 1 is 1.36 bits per heavy atom. The molecule has 0 aliphatic carbocycles. The van der Waals surface area contributed by atoms with Crippen molar-refractivity contribution >= 4 is 35.3 Å². The third-order valence-corrected chi connectivity index (χ3v) is 4.87. The van der Waals surface area contributed by atoms with Gasteiger partial charge >= 0.3 is 0 Å². The summed E-state index contributed by atoms with van der Waals surface area (Å²) >= 11 is 1.32. The lowest BCUT2D eigenvalue weighted by atomic mass is 10.1. The minimum atomic E-state index is -0.252. The molecule has 3 rings (SSSR count). The Bertz CT molecular complexity index is 720. The predicted octanol–water partition coefficient (Wildman–Crippen LogP) is 2.66. The van der Waals surface area contributed by atoms with E-state index in [-0.39, 0.29) is 30.7 Å². The van der Waals surface area contributed by atoms with Crippen LogP contribution in [0.4, 0.5) is 10.1 Å². The summed E-state index contributed by atoms with van der Waals surface area (Å²) in [6.45, 7) is 3.59. The molecule has 1 amide bonds. The molecule has 0 saturated carbocycles. The number of methoxy groups -OCH3 is 1. The van der Waals surface area contributed by atoms with E-state index in [4.69, 9.17) is 4.74 Å². The molecule has 1 aromatic carbocycles. The van der Waals surface area contributed by atoms with Gasteiger partial charge in [0.1, 0.15) is 16.4 Å². The first-order valence-corrected chi connectivity index (χ1v) is 8.71. The SMILES string of the molecule is COc1ccsc1C(=O)NCc1ccc(N2CCNCC2)c(F)c1.Cl. The van der Waals surface area contributed by atoms with Crippen LogP contribution >= 0.6 is 23.7 Å². The Morgan fingerprint density at radius 3 is 2.80 bits per heavy atom. The fraction of sp³-hybridized carbons (Fsp3) is 0.353. The van der Waals surface area contributed by atoms with Gasteiger partial charge in [-0.15, -0.1) is 23.7 Å². The van der Waals surface area contributed by atoms with Crippen LogP contribution in [0.15, 0.2) is 29.6 Å². The molecular formula is C17H21ClFN3O2S. The van der Waals surface area contributed by atoms with Crippen molar-refractivity contribution in [2.45, 2.75) is 6.54 Å². The molecule has 0 unspecified atom stereocenters. The van der Waals surface area contributed by atoms with Crippen molar-refractivity contribution < 1.29 is 13.9 Å². The number of amides is 1. The van der Waals surface area contributed by atoms with Crippen molar-refractivity contribution in [2.75, 3.05) is 38.2 Å². The number of nitrogens with one attached hydrogen (secondary N) is 2. The summed E-state index contributed by atoms with van der Waals surface area (Å²) in [5.41, 5.74) is 1.35. The number of rotatable bonds is 5. The number of hydrogen-bond donors (Lipinski definition) is 2. The molecule has 25 heavy (non-hydrogen) atoms. The molecular weight excluding hydrogens is 365 g/mol. The molecule has 0 atom stereocenters. The minimum absolute atomic E-state index is 0. The lowest BCUT2D eigenvalue weighted by Crippen LogP contribution is -2.43. The number of ether oxygens (including phenoxy) is 1. The van der Waals surface area contributed by atoms with E-state index in [1.807, 2.05) is 11.0 Å². The molecule has 1 fully saturated rings. The predicted molar refractivity (Wildman–Crippen MR) is 101 cm³/mol. The number of carbonyl (C=O) groups is 1. The van der Waals surface area contributed by atoms with Crippen molar-refractivity contribution in [3.05, 3.63) is 45.9 Å². The normalized spacial score (nSPS) is 13.9. The number of hydrogen-bond acceptors (Lipinski definition) is 5. The lowest BCUT2D eigenvalue weighted by Gasteiger charge is -2.29. The maximum Gasteiger partial charge on any atom is 0.265 e. The first kappa shape index (κ1) is 19.5. The van der Waals surface area contributed by atoms with E-state index in [1.54, 1.807) is 17.5 Å². The maximum atomic E-state index is 14.4. The molecule has 5 nitrogen and oxygen atoms in total. The van der Waals surface area contributed by atoms with Gasteiger partial charge in [-0.1, -0.05) is 6.07 Å². The Labute approximate surface area is 156 Å². The fourth-order valence-electron chi connectivity index (χ4n) is 2.71. The summed E-state index contributed by atoms with van der Waals surface area (Å²) in [5, 5.41) is 7.85. The van der Waals surface area contributed by atoms with E-state index in [0.29, 0.717) is 16.3 Å². The summed E-state index contributed by atoms with van der Waals surface area (Å²) < 4.78 is 19.5. The summed E-state index contributed by atoms with van der Waals surface area (Å²) in [7, 11) is 1.53. The molecule has 2 heterocycles. The highest BCUT2D eigenvalue weighted by molar-refractivity contribution is 7.12. The standard InChI is InChI=1S/C17H20FN3O2S.ClH/c1-23-15-4-9-24-16(15)17(22)20-11-12-2-3-14(13(18)10-12)21-7-5-19-6-8-21;/h2-4,9-10,19H,5-8,11H2,1H3,(H,20,22);1H. The smallest absolute Gasteiger partial charge is 0.265 e.